The van der Waals surface area contributed by atoms with Gasteiger partial charge in [0.2, 0.25) is 11.1 Å². The van der Waals surface area contributed by atoms with Crippen molar-refractivity contribution >= 4 is 32.6 Å². The van der Waals surface area contributed by atoms with Crippen molar-refractivity contribution < 1.29 is 0 Å². The molecule has 0 saturated carbocycles. The van der Waals surface area contributed by atoms with Crippen LogP contribution in [0, 0.1) is 0 Å². The average molecular weight is 207 g/mol. The third kappa shape index (κ3) is 1.74. The van der Waals surface area contributed by atoms with Gasteiger partial charge in [-0.1, -0.05) is 23.5 Å². The fourth-order valence-electron chi connectivity index (χ4n) is 1.03. The molecule has 2 aromatic rings. The van der Waals surface area contributed by atoms with Crippen LogP contribution in [0.25, 0.3) is 10.2 Å². The zero-order valence-corrected chi connectivity index (χ0v) is 8.08. The van der Waals surface area contributed by atoms with Crippen LogP contribution in [-0.2, 0) is 0 Å². The maximum Gasteiger partial charge on any atom is 0.208 e. The van der Waals surface area contributed by atoms with E-state index >= 15 is 0 Å². The molecule has 72 valence electrons. The normalized spacial score (nSPS) is 10.0. The van der Waals surface area contributed by atoms with Gasteiger partial charge in [0.15, 0.2) is 0 Å². The highest BCUT2D eigenvalue weighted by Gasteiger charge is 2.00. The molecule has 0 unspecified atom stereocenters. The van der Waals surface area contributed by atoms with Crippen molar-refractivity contribution in [3.8, 4) is 0 Å². The fourth-order valence-corrected chi connectivity index (χ4v) is 1.84. The first-order valence-corrected chi connectivity index (χ1v) is 4.77. The molecule has 0 saturated heterocycles. The van der Waals surface area contributed by atoms with E-state index in [0.717, 1.165) is 10.2 Å². The number of rotatable bonds is 2. The topological polar surface area (TPSA) is 89.3 Å². The number of hydrogen-bond donors (Lipinski definition) is 3. The van der Waals surface area contributed by atoms with E-state index in [-0.39, 0.29) is 5.96 Å². The van der Waals surface area contributed by atoms with Crippen LogP contribution >= 0.6 is 11.3 Å². The van der Waals surface area contributed by atoms with Crippen molar-refractivity contribution in [1.29, 1.82) is 0 Å². The van der Waals surface area contributed by atoms with Crippen LogP contribution in [0.1, 0.15) is 0 Å². The van der Waals surface area contributed by atoms with Crippen molar-refractivity contribution in [2.45, 2.75) is 0 Å². The van der Waals surface area contributed by atoms with Crippen LogP contribution in [0.15, 0.2) is 29.4 Å². The molecule has 1 heterocycles. The van der Waals surface area contributed by atoms with Crippen molar-refractivity contribution in [2.24, 2.45) is 16.6 Å². The van der Waals surface area contributed by atoms with Gasteiger partial charge in [-0.05, 0) is 12.1 Å². The van der Waals surface area contributed by atoms with E-state index in [2.05, 4.69) is 15.5 Å². The Morgan fingerprint density at radius 2 is 2.14 bits per heavy atom. The summed E-state index contributed by atoms with van der Waals surface area (Å²) >= 11 is 1.50. The van der Waals surface area contributed by atoms with Gasteiger partial charge in [0.05, 0.1) is 10.2 Å². The smallest absolute Gasteiger partial charge is 0.208 e. The van der Waals surface area contributed by atoms with Gasteiger partial charge in [-0.2, -0.15) is 0 Å². The van der Waals surface area contributed by atoms with E-state index in [4.69, 9.17) is 11.5 Å². The van der Waals surface area contributed by atoms with Crippen molar-refractivity contribution in [3.63, 3.8) is 0 Å². The van der Waals surface area contributed by atoms with Gasteiger partial charge >= 0.3 is 0 Å². The molecule has 0 aliphatic carbocycles. The Kier molecular flexibility index (Phi) is 2.19. The first-order valence-electron chi connectivity index (χ1n) is 3.96. The zero-order valence-electron chi connectivity index (χ0n) is 7.27. The number of nitrogens with zero attached hydrogens (tertiary/aromatic N) is 2. The number of fused-ring (bicyclic) bond motifs is 1. The molecular weight excluding hydrogens is 198 g/mol. The van der Waals surface area contributed by atoms with E-state index in [1.165, 1.54) is 11.3 Å². The highest BCUT2D eigenvalue weighted by Crippen LogP contribution is 2.24. The van der Waals surface area contributed by atoms with Crippen LogP contribution < -0.4 is 16.9 Å². The van der Waals surface area contributed by atoms with Crippen LogP contribution in [0.3, 0.4) is 0 Å². The number of anilines is 1. The molecule has 2 rings (SSSR count). The molecule has 5 N–H and O–H groups in total. The molecule has 0 radical (unpaired) electrons. The molecule has 0 atom stereocenters. The quantitative estimate of drug-likeness (QED) is 0.387. The van der Waals surface area contributed by atoms with Gasteiger partial charge in [0.25, 0.3) is 0 Å². The molecule has 0 fully saturated rings. The third-order valence-corrected chi connectivity index (χ3v) is 2.52. The zero-order chi connectivity index (χ0) is 9.97. The number of para-hydroxylation sites is 1. The van der Waals surface area contributed by atoms with Crippen molar-refractivity contribution in [2.75, 3.05) is 5.43 Å². The van der Waals surface area contributed by atoms with Gasteiger partial charge < -0.3 is 11.5 Å². The van der Waals surface area contributed by atoms with Crippen LogP contribution in [0.2, 0.25) is 0 Å². The summed E-state index contributed by atoms with van der Waals surface area (Å²) in [5.74, 6) is -0.00995. The fraction of sp³-hybridized carbons (Fsp3) is 0. The first kappa shape index (κ1) is 8.76. The Morgan fingerprint density at radius 3 is 2.86 bits per heavy atom. The number of thiazole rings is 1. The molecule has 0 bridgehead atoms. The summed E-state index contributed by atoms with van der Waals surface area (Å²) in [5, 5.41) is 4.34. The molecule has 0 aliphatic heterocycles. The molecule has 0 amide bonds. The molecule has 0 aliphatic rings. The lowest BCUT2D eigenvalue weighted by Crippen LogP contribution is -2.23. The van der Waals surface area contributed by atoms with Gasteiger partial charge in [-0.15, -0.1) is 5.10 Å². The summed E-state index contributed by atoms with van der Waals surface area (Å²) in [5.41, 5.74) is 14.0. The van der Waals surface area contributed by atoms with Gasteiger partial charge in [0, 0.05) is 0 Å². The van der Waals surface area contributed by atoms with Gasteiger partial charge in [0.1, 0.15) is 0 Å². The highest BCUT2D eigenvalue weighted by atomic mass is 32.1. The van der Waals surface area contributed by atoms with E-state index in [1.807, 2.05) is 24.3 Å². The van der Waals surface area contributed by atoms with E-state index in [0.29, 0.717) is 5.13 Å². The predicted molar refractivity (Wildman–Crippen MR) is 59.1 cm³/mol. The lowest BCUT2D eigenvalue weighted by atomic mass is 10.3. The molecule has 5 nitrogen and oxygen atoms in total. The van der Waals surface area contributed by atoms with Gasteiger partial charge in [-0.25, -0.2) is 10.4 Å². The second kappa shape index (κ2) is 3.51. The number of hydrazone groups is 1. The summed E-state index contributed by atoms with van der Waals surface area (Å²) < 4.78 is 1.10. The summed E-state index contributed by atoms with van der Waals surface area (Å²) in [6.07, 6.45) is 0. The van der Waals surface area contributed by atoms with E-state index in [9.17, 15) is 0 Å². The lowest BCUT2D eigenvalue weighted by Gasteiger charge is -1.92. The minimum absolute atomic E-state index is 0.00995. The van der Waals surface area contributed by atoms with E-state index < -0.39 is 0 Å². The Bertz CT molecular complexity index is 438. The standard InChI is InChI=1S/C8H9N5S/c9-7(10)12-13-8-11-5-3-1-2-4-6(5)14-8/h1-4H,(H,11,13)(H4,9,10,12). The number of aromatic nitrogens is 1. The minimum Gasteiger partial charge on any atom is -0.369 e. The number of nitrogens with one attached hydrogen (secondary N) is 1. The maximum absolute atomic E-state index is 5.18. The summed E-state index contributed by atoms with van der Waals surface area (Å²) in [7, 11) is 0. The Hall–Kier alpha value is -1.82. The molecular formula is C8H9N5S. The van der Waals surface area contributed by atoms with Crippen molar-refractivity contribution in [3.05, 3.63) is 24.3 Å². The van der Waals surface area contributed by atoms with Crippen LogP contribution in [-0.4, -0.2) is 10.9 Å². The number of guanidine groups is 1. The Morgan fingerprint density at radius 1 is 1.36 bits per heavy atom. The maximum atomic E-state index is 5.18. The van der Waals surface area contributed by atoms with E-state index in [1.54, 1.807) is 0 Å². The molecule has 14 heavy (non-hydrogen) atoms. The monoisotopic (exact) mass is 207 g/mol. The van der Waals surface area contributed by atoms with Crippen LogP contribution in [0.5, 0.6) is 0 Å². The number of hydrogen-bond acceptors (Lipinski definition) is 4. The highest BCUT2D eigenvalue weighted by molar-refractivity contribution is 7.22. The SMILES string of the molecule is NC(N)=NNc1nc2ccccc2s1. The van der Waals surface area contributed by atoms with Crippen molar-refractivity contribution in [1.82, 2.24) is 4.98 Å². The second-order valence-electron chi connectivity index (χ2n) is 2.64. The second-order valence-corrected chi connectivity index (χ2v) is 3.67. The molecule has 1 aromatic carbocycles. The Balaban J connectivity index is 2.31. The summed E-state index contributed by atoms with van der Waals surface area (Å²) in [4.78, 5) is 4.27. The van der Waals surface area contributed by atoms with Crippen LogP contribution in [0.4, 0.5) is 5.13 Å². The summed E-state index contributed by atoms with van der Waals surface area (Å²) in [6.45, 7) is 0. The molecule has 1 aromatic heterocycles. The first-order chi connectivity index (χ1) is 6.75. The number of benzene rings is 1. The van der Waals surface area contributed by atoms with Gasteiger partial charge in [-0.3, -0.25) is 0 Å². The molecule has 0 spiro atoms. The molecule has 6 heteroatoms. The lowest BCUT2D eigenvalue weighted by molar-refractivity contribution is 1.27. The third-order valence-electron chi connectivity index (χ3n) is 1.57. The minimum atomic E-state index is -0.00995. The predicted octanol–water partition coefficient (Wildman–Crippen LogP) is 0.897. The Labute approximate surface area is 84.4 Å². The average Bonchev–Trinajstić information content (AvgIpc) is 2.57. The largest absolute Gasteiger partial charge is 0.369 e. The summed E-state index contributed by atoms with van der Waals surface area (Å²) in [6, 6.07) is 7.83. The number of nitrogens with two attached hydrogens (primary N) is 2.